The molecule has 0 amide bonds. The smallest absolute Gasteiger partial charge is 0.312 e. The van der Waals surface area contributed by atoms with Crippen LogP contribution in [0.25, 0.3) is 0 Å². The van der Waals surface area contributed by atoms with Gasteiger partial charge in [0.25, 0.3) is 0 Å². The van der Waals surface area contributed by atoms with Gasteiger partial charge in [-0.05, 0) is 0 Å². The van der Waals surface area contributed by atoms with Crippen LogP contribution in [0.1, 0.15) is 0 Å². The van der Waals surface area contributed by atoms with Crippen LogP contribution in [0.2, 0.25) is 0 Å². The van der Waals surface area contributed by atoms with Crippen molar-refractivity contribution >= 4 is 13.6 Å². The highest BCUT2D eigenvalue weighted by Crippen LogP contribution is 2.01. The van der Waals surface area contributed by atoms with E-state index in [4.69, 9.17) is 9.94 Å². The third-order valence-electron chi connectivity index (χ3n) is 1.14. The molecular formula is C4H8BNO3. The van der Waals surface area contributed by atoms with E-state index in [0.717, 1.165) is 6.19 Å². The Kier molecular flexibility index (Phi) is 2.21. The van der Waals surface area contributed by atoms with Crippen LogP contribution < -0.4 is 0 Å². The minimum absolute atomic E-state index is 0.247. The number of β-amino-alcohol motifs (C(OH)–C–C–N with tert-alkyl or cyclic N) is 1. The summed E-state index contributed by atoms with van der Waals surface area (Å²) in [6, 6.07) is 0. The van der Waals surface area contributed by atoms with Crippen LogP contribution in [0.5, 0.6) is 0 Å². The Bertz CT molecular complexity index is 110. The van der Waals surface area contributed by atoms with Gasteiger partial charge in [-0.25, -0.2) is 4.97 Å². The standard InChI is InChI=1S/C4H8BNO3/c7-3-5-6-1-4(8)2-9-6/h3-5,8H,1-2H2/t4-/m0/s1. The minimum Gasteiger partial charge on any atom is -0.389 e. The van der Waals surface area contributed by atoms with Gasteiger partial charge in [0.2, 0.25) is 0 Å². The minimum atomic E-state index is -0.426. The fourth-order valence-electron chi connectivity index (χ4n) is 0.742. The summed E-state index contributed by atoms with van der Waals surface area (Å²) in [5.41, 5.74) is 0. The van der Waals surface area contributed by atoms with Crippen molar-refractivity contribution in [2.45, 2.75) is 6.10 Å². The first kappa shape index (κ1) is 6.73. The lowest BCUT2D eigenvalue weighted by Crippen LogP contribution is -2.26. The van der Waals surface area contributed by atoms with Crippen molar-refractivity contribution in [2.75, 3.05) is 13.2 Å². The van der Waals surface area contributed by atoms with Gasteiger partial charge in [-0.2, -0.15) is 0 Å². The Labute approximate surface area is 53.6 Å². The molecule has 0 spiro atoms. The monoisotopic (exact) mass is 129 g/mol. The quantitative estimate of drug-likeness (QED) is 0.350. The molecule has 0 aromatic rings. The maximum Gasteiger partial charge on any atom is 0.312 e. The van der Waals surface area contributed by atoms with Crippen LogP contribution in [-0.4, -0.2) is 42.9 Å². The van der Waals surface area contributed by atoms with Gasteiger partial charge in [-0.1, -0.05) is 0 Å². The second kappa shape index (κ2) is 2.96. The predicted octanol–water partition coefficient (Wildman–Crippen LogP) is -1.86. The zero-order valence-electron chi connectivity index (χ0n) is 4.99. The van der Waals surface area contributed by atoms with E-state index in [1.54, 1.807) is 0 Å². The Morgan fingerprint density at radius 1 is 1.89 bits per heavy atom. The molecule has 0 aromatic heterocycles. The molecule has 0 radical (unpaired) electrons. The van der Waals surface area contributed by atoms with Gasteiger partial charge in [0.1, 0.15) is 0 Å². The number of nitrogens with zero attached hydrogens (tertiary/aromatic N) is 1. The van der Waals surface area contributed by atoms with E-state index in [1.807, 2.05) is 0 Å². The van der Waals surface area contributed by atoms with Gasteiger partial charge in [0.15, 0.2) is 0 Å². The first-order valence-electron chi connectivity index (χ1n) is 2.82. The fourth-order valence-corrected chi connectivity index (χ4v) is 0.742. The lowest BCUT2D eigenvalue weighted by molar-refractivity contribution is -0.0331. The number of hydrogen-bond acceptors (Lipinski definition) is 4. The zero-order chi connectivity index (χ0) is 6.69. The molecule has 1 fully saturated rings. The van der Waals surface area contributed by atoms with Crippen molar-refractivity contribution in [3.63, 3.8) is 0 Å². The maximum atomic E-state index is 9.86. The summed E-state index contributed by atoms with van der Waals surface area (Å²) in [4.78, 5) is 16.2. The summed E-state index contributed by atoms with van der Waals surface area (Å²) in [7, 11) is 0.247. The maximum absolute atomic E-state index is 9.86. The van der Waals surface area contributed by atoms with E-state index in [9.17, 15) is 4.79 Å². The van der Waals surface area contributed by atoms with Crippen molar-refractivity contribution in [3.05, 3.63) is 0 Å². The van der Waals surface area contributed by atoms with Crippen LogP contribution >= 0.6 is 0 Å². The molecule has 1 heterocycles. The molecule has 1 rings (SSSR count). The molecule has 1 aliphatic rings. The van der Waals surface area contributed by atoms with E-state index in [1.165, 1.54) is 4.97 Å². The summed E-state index contributed by atoms with van der Waals surface area (Å²) >= 11 is 0. The van der Waals surface area contributed by atoms with E-state index in [-0.39, 0.29) is 7.41 Å². The first-order chi connectivity index (χ1) is 4.33. The Balaban J connectivity index is 2.21. The van der Waals surface area contributed by atoms with Crippen LogP contribution in [0.4, 0.5) is 0 Å². The van der Waals surface area contributed by atoms with Crippen molar-refractivity contribution in [3.8, 4) is 0 Å². The Morgan fingerprint density at radius 3 is 3.11 bits per heavy atom. The molecule has 0 bridgehead atoms. The van der Waals surface area contributed by atoms with Crippen LogP contribution in [0.15, 0.2) is 0 Å². The van der Waals surface area contributed by atoms with E-state index >= 15 is 0 Å². The average Bonchev–Trinajstić information content (AvgIpc) is 2.17. The normalized spacial score (nSPS) is 28.3. The van der Waals surface area contributed by atoms with Crippen LogP contribution in [0, 0.1) is 0 Å². The molecule has 0 aliphatic carbocycles. The highest BCUT2D eigenvalue weighted by atomic mass is 16.7. The Hall–Kier alpha value is -0.385. The number of aliphatic hydroxyl groups is 1. The van der Waals surface area contributed by atoms with Gasteiger partial charge in [0.05, 0.1) is 18.9 Å². The fraction of sp³-hybridized carbons (Fsp3) is 0.750. The number of carbonyl (C=O) groups excluding carboxylic acids is 1. The van der Waals surface area contributed by atoms with Gasteiger partial charge in [-0.3, -0.25) is 0 Å². The molecule has 9 heavy (non-hydrogen) atoms. The topological polar surface area (TPSA) is 49.8 Å². The van der Waals surface area contributed by atoms with Crippen molar-refractivity contribution < 1.29 is 14.7 Å². The number of hydrogen-bond donors (Lipinski definition) is 1. The third-order valence-corrected chi connectivity index (χ3v) is 1.14. The van der Waals surface area contributed by atoms with E-state index < -0.39 is 6.10 Å². The molecule has 4 nitrogen and oxygen atoms in total. The molecule has 0 saturated carbocycles. The largest absolute Gasteiger partial charge is 0.389 e. The molecule has 1 saturated heterocycles. The van der Waals surface area contributed by atoms with Gasteiger partial charge in [0, 0.05) is 6.54 Å². The van der Waals surface area contributed by atoms with Crippen molar-refractivity contribution in [1.82, 2.24) is 4.97 Å². The molecule has 50 valence electrons. The summed E-state index contributed by atoms with van der Waals surface area (Å²) < 4.78 is 0. The van der Waals surface area contributed by atoms with Crippen molar-refractivity contribution in [2.24, 2.45) is 0 Å². The second-order valence-corrected chi connectivity index (χ2v) is 1.96. The molecule has 1 aliphatic heterocycles. The first-order valence-corrected chi connectivity index (χ1v) is 2.82. The summed E-state index contributed by atoms with van der Waals surface area (Å²) in [5.74, 6) is 0. The number of carbonyl (C=O) groups is 1. The highest BCUT2D eigenvalue weighted by Gasteiger charge is 2.20. The Morgan fingerprint density at radius 2 is 2.67 bits per heavy atom. The lowest BCUT2D eigenvalue weighted by atomic mass is 9.98. The molecule has 5 heteroatoms. The average molecular weight is 129 g/mol. The van der Waals surface area contributed by atoms with E-state index in [0.29, 0.717) is 13.2 Å². The SMILES string of the molecule is O=CBN1C[C@H](O)CO1. The highest BCUT2D eigenvalue weighted by molar-refractivity contribution is 6.63. The summed E-state index contributed by atoms with van der Waals surface area (Å²) in [5, 5.41) is 8.84. The molecular weight excluding hydrogens is 121 g/mol. The van der Waals surface area contributed by atoms with Gasteiger partial charge in [-0.15, -0.1) is 0 Å². The zero-order valence-corrected chi connectivity index (χ0v) is 4.99. The van der Waals surface area contributed by atoms with E-state index in [2.05, 4.69) is 0 Å². The van der Waals surface area contributed by atoms with Crippen LogP contribution in [-0.2, 0) is 9.63 Å². The van der Waals surface area contributed by atoms with Crippen molar-refractivity contribution in [1.29, 1.82) is 0 Å². The summed E-state index contributed by atoms with van der Waals surface area (Å²) in [6.07, 6.45) is 0.322. The molecule has 1 atom stereocenters. The van der Waals surface area contributed by atoms with Gasteiger partial charge >= 0.3 is 7.41 Å². The third kappa shape index (κ3) is 1.78. The predicted molar refractivity (Wildman–Crippen MR) is 32.6 cm³/mol. The van der Waals surface area contributed by atoms with Gasteiger partial charge < -0.3 is 14.7 Å². The van der Waals surface area contributed by atoms with Crippen LogP contribution in [0.3, 0.4) is 0 Å². The molecule has 0 aromatic carbocycles. The summed E-state index contributed by atoms with van der Waals surface area (Å²) in [6.45, 7) is 0.757. The number of aliphatic hydroxyl groups excluding tert-OH is 1. The molecule has 0 unspecified atom stereocenters. The second-order valence-electron chi connectivity index (χ2n) is 1.96. The number of rotatable bonds is 2. The number of hydroxylamine groups is 1. The lowest BCUT2D eigenvalue weighted by Gasteiger charge is -2.05. The molecule has 1 N–H and O–H groups in total.